The highest BCUT2D eigenvalue weighted by atomic mass is 79.9. The van der Waals surface area contributed by atoms with Gasteiger partial charge in [-0.25, -0.2) is 0 Å². The second kappa shape index (κ2) is 11.8. The van der Waals surface area contributed by atoms with Crippen LogP contribution in [-0.4, -0.2) is 37.8 Å². The number of hydrogen-bond donors (Lipinski definition) is 2. The minimum atomic E-state index is -0.206. The number of carbonyl (C=O) groups is 2. The molecule has 0 aromatic heterocycles. The smallest absolute Gasteiger partial charge is 0.253 e. The van der Waals surface area contributed by atoms with Gasteiger partial charge in [0.05, 0.1) is 17.0 Å². The Kier molecular flexibility index (Phi) is 9.38. The molecule has 144 valence electrons. The van der Waals surface area contributed by atoms with Crippen LogP contribution in [0.1, 0.15) is 22.3 Å². The number of amides is 2. The Hall–Kier alpha value is -1.83. The zero-order chi connectivity index (χ0) is 19.5. The summed E-state index contributed by atoms with van der Waals surface area (Å²) in [6.07, 6.45) is 0.739. The van der Waals surface area contributed by atoms with Gasteiger partial charge in [-0.15, -0.1) is 11.8 Å². The van der Waals surface area contributed by atoms with Crippen molar-refractivity contribution in [3.8, 4) is 0 Å². The molecular formula is C20H23BrN2O3S. The highest BCUT2D eigenvalue weighted by Gasteiger charge is 2.13. The zero-order valence-electron chi connectivity index (χ0n) is 15.2. The van der Waals surface area contributed by atoms with E-state index in [0.29, 0.717) is 30.2 Å². The molecule has 0 radical (unpaired) electrons. The number of anilines is 1. The lowest BCUT2D eigenvalue weighted by molar-refractivity contribution is -0.113. The molecule has 0 saturated heterocycles. The van der Waals surface area contributed by atoms with Gasteiger partial charge in [0.1, 0.15) is 0 Å². The minimum absolute atomic E-state index is 0.133. The van der Waals surface area contributed by atoms with Crippen molar-refractivity contribution in [1.82, 2.24) is 5.32 Å². The van der Waals surface area contributed by atoms with Gasteiger partial charge in [0.15, 0.2) is 0 Å². The maximum Gasteiger partial charge on any atom is 0.253 e. The summed E-state index contributed by atoms with van der Waals surface area (Å²) in [5, 5.41) is 5.67. The first-order valence-corrected chi connectivity index (χ1v) is 10.5. The second-order valence-electron chi connectivity index (χ2n) is 5.78. The average Bonchev–Trinajstić information content (AvgIpc) is 2.67. The lowest BCUT2D eigenvalue weighted by atomic mass is 10.1. The van der Waals surface area contributed by atoms with E-state index in [1.165, 1.54) is 11.8 Å². The number of methoxy groups -OCH3 is 1. The molecule has 7 heteroatoms. The highest BCUT2D eigenvalue weighted by Crippen LogP contribution is 2.22. The number of nitrogens with one attached hydrogen (secondary N) is 2. The lowest BCUT2D eigenvalue weighted by Gasteiger charge is -2.11. The molecule has 2 aromatic carbocycles. The number of para-hydroxylation sites is 1. The van der Waals surface area contributed by atoms with Crippen LogP contribution in [0.15, 0.2) is 53.0 Å². The van der Waals surface area contributed by atoms with E-state index >= 15 is 0 Å². The molecule has 2 N–H and O–H groups in total. The van der Waals surface area contributed by atoms with Gasteiger partial charge in [-0.3, -0.25) is 9.59 Å². The standard InChI is InChI=1S/C20H23BrN2O3S/c1-26-12-6-11-22-20(25)16-8-3-5-10-18(16)23-19(24)14-27-13-15-7-2-4-9-17(15)21/h2-5,7-10H,6,11-14H2,1H3,(H,22,25)(H,23,24). The number of halogens is 1. The lowest BCUT2D eigenvalue weighted by Crippen LogP contribution is -2.27. The van der Waals surface area contributed by atoms with E-state index in [0.717, 1.165) is 22.2 Å². The molecule has 0 unspecified atom stereocenters. The largest absolute Gasteiger partial charge is 0.385 e. The summed E-state index contributed by atoms with van der Waals surface area (Å²) in [6, 6.07) is 15.0. The van der Waals surface area contributed by atoms with Crippen molar-refractivity contribution < 1.29 is 14.3 Å². The number of carbonyl (C=O) groups excluding carboxylic acids is 2. The Labute approximate surface area is 172 Å². The summed E-state index contributed by atoms with van der Waals surface area (Å²) >= 11 is 5.03. The first kappa shape index (κ1) is 21.5. The SMILES string of the molecule is COCCCNC(=O)c1ccccc1NC(=O)CSCc1ccccc1Br. The fourth-order valence-corrected chi connectivity index (χ4v) is 3.80. The van der Waals surface area contributed by atoms with Crippen molar-refractivity contribution in [2.24, 2.45) is 0 Å². The third kappa shape index (κ3) is 7.36. The van der Waals surface area contributed by atoms with Crippen molar-refractivity contribution in [2.75, 3.05) is 31.3 Å². The van der Waals surface area contributed by atoms with Crippen LogP contribution >= 0.6 is 27.7 Å². The Bertz CT molecular complexity index is 770. The molecule has 0 bridgehead atoms. The molecule has 2 aromatic rings. The van der Waals surface area contributed by atoms with Gasteiger partial charge >= 0.3 is 0 Å². The predicted molar refractivity (Wildman–Crippen MR) is 114 cm³/mol. The number of hydrogen-bond acceptors (Lipinski definition) is 4. The van der Waals surface area contributed by atoms with Crippen LogP contribution in [0, 0.1) is 0 Å². The normalized spacial score (nSPS) is 10.4. The molecular weight excluding hydrogens is 428 g/mol. The van der Waals surface area contributed by atoms with Crippen LogP contribution in [0.2, 0.25) is 0 Å². The Morgan fingerprint density at radius 2 is 1.85 bits per heavy atom. The molecule has 0 aliphatic heterocycles. The van der Waals surface area contributed by atoms with E-state index in [-0.39, 0.29) is 11.8 Å². The zero-order valence-corrected chi connectivity index (χ0v) is 17.6. The summed E-state index contributed by atoms with van der Waals surface area (Å²) in [4.78, 5) is 24.6. The van der Waals surface area contributed by atoms with Gasteiger partial charge < -0.3 is 15.4 Å². The van der Waals surface area contributed by atoms with E-state index in [2.05, 4.69) is 26.6 Å². The Balaban J connectivity index is 1.86. The molecule has 0 aliphatic carbocycles. The minimum Gasteiger partial charge on any atom is -0.385 e. The van der Waals surface area contributed by atoms with Crippen molar-refractivity contribution in [1.29, 1.82) is 0 Å². The summed E-state index contributed by atoms with van der Waals surface area (Å²) in [5.41, 5.74) is 2.12. The molecule has 0 aliphatic rings. The van der Waals surface area contributed by atoms with Gasteiger partial charge in [0, 0.05) is 30.5 Å². The number of rotatable bonds is 10. The molecule has 27 heavy (non-hydrogen) atoms. The van der Waals surface area contributed by atoms with Crippen molar-refractivity contribution >= 4 is 45.2 Å². The third-order valence-corrected chi connectivity index (χ3v) is 5.46. The van der Waals surface area contributed by atoms with Crippen LogP contribution in [0.5, 0.6) is 0 Å². The van der Waals surface area contributed by atoms with Crippen molar-refractivity contribution in [3.63, 3.8) is 0 Å². The molecule has 0 spiro atoms. The molecule has 0 saturated carbocycles. The number of ether oxygens (including phenoxy) is 1. The quantitative estimate of drug-likeness (QED) is 0.534. The Morgan fingerprint density at radius 1 is 1.11 bits per heavy atom. The van der Waals surface area contributed by atoms with Gasteiger partial charge in [-0.2, -0.15) is 0 Å². The highest BCUT2D eigenvalue weighted by molar-refractivity contribution is 9.10. The molecule has 0 heterocycles. The first-order valence-electron chi connectivity index (χ1n) is 8.59. The molecule has 2 amide bonds. The summed E-state index contributed by atoms with van der Waals surface area (Å²) in [7, 11) is 1.63. The number of benzene rings is 2. The van der Waals surface area contributed by atoms with Gasteiger partial charge in [-0.05, 0) is 30.2 Å². The Morgan fingerprint density at radius 3 is 2.63 bits per heavy atom. The van der Waals surface area contributed by atoms with E-state index < -0.39 is 0 Å². The van der Waals surface area contributed by atoms with E-state index in [9.17, 15) is 9.59 Å². The second-order valence-corrected chi connectivity index (χ2v) is 7.62. The van der Waals surface area contributed by atoms with Crippen LogP contribution in [0.25, 0.3) is 0 Å². The van der Waals surface area contributed by atoms with E-state index in [4.69, 9.17) is 4.74 Å². The van der Waals surface area contributed by atoms with Gasteiger partial charge in [0.25, 0.3) is 5.91 Å². The van der Waals surface area contributed by atoms with Crippen LogP contribution < -0.4 is 10.6 Å². The number of thioether (sulfide) groups is 1. The maximum atomic E-state index is 12.3. The predicted octanol–water partition coefficient (Wildman–Crippen LogP) is 4.09. The summed E-state index contributed by atoms with van der Waals surface area (Å²) < 4.78 is 6.00. The van der Waals surface area contributed by atoms with Crippen molar-refractivity contribution in [2.45, 2.75) is 12.2 Å². The van der Waals surface area contributed by atoms with Crippen LogP contribution in [-0.2, 0) is 15.3 Å². The van der Waals surface area contributed by atoms with Gasteiger partial charge in [-0.1, -0.05) is 46.3 Å². The fraction of sp³-hybridized carbons (Fsp3) is 0.300. The first-order chi connectivity index (χ1) is 13.1. The molecule has 0 atom stereocenters. The summed E-state index contributed by atoms with van der Waals surface area (Å²) in [5.74, 6) is 0.705. The van der Waals surface area contributed by atoms with E-state index in [1.807, 2.05) is 24.3 Å². The topological polar surface area (TPSA) is 67.4 Å². The van der Waals surface area contributed by atoms with Crippen LogP contribution in [0.4, 0.5) is 5.69 Å². The average molecular weight is 451 g/mol. The third-order valence-electron chi connectivity index (χ3n) is 3.71. The molecule has 0 fully saturated rings. The maximum absolute atomic E-state index is 12.3. The van der Waals surface area contributed by atoms with Crippen molar-refractivity contribution in [3.05, 3.63) is 64.1 Å². The molecule has 5 nitrogen and oxygen atoms in total. The monoisotopic (exact) mass is 450 g/mol. The fourth-order valence-electron chi connectivity index (χ4n) is 2.36. The summed E-state index contributed by atoms with van der Waals surface area (Å²) in [6.45, 7) is 1.12. The van der Waals surface area contributed by atoms with E-state index in [1.54, 1.807) is 31.4 Å². The van der Waals surface area contributed by atoms with Crippen LogP contribution in [0.3, 0.4) is 0 Å². The molecule has 2 rings (SSSR count). The van der Waals surface area contributed by atoms with Gasteiger partial charge in [0.2, 0.25) is 5.91 Å².